The molecule has 1 aliphatic carbocycles. The Morgan fingerprint density at radius 2 is 1.67 bits per heavy atom. The molecule has 1 saturated carbocycles. The second-order valence-corrected chi connectivity index (χ2v) is 8.06. The number of likely N-dealkylation sites (tertiary alicyclic amines) is 2. The average Bonchev–Trinajstić information content (AvgIpc) is 3.00. The van der Waals surface area contributed by atoms with Crippen LogP contribution in [0.2, 0.25) is 0 Å². The molecule has 0 aromatic rings. The lowest BCUT2D eigenvalue weighted by atomic mass is 9.82. The first kappa shape index (κ1) is 20.3. The van der Waals surface area contributed by atoms with Gasteiger partial charge in [-0.3, -0.25) is 4.99 Å². The van der Waals surface area contributed by atoms with Gasteiger partial charge in [0.05, 0.1) is 0 Å². The maximum atomic E-state index is 4.54. The van der Waals surface area contributed by atoms with Crippen LogP contribution >= 0.6 is 24.0 Å². The maximum absolute atomic E-state index is 4.54. The van der Waals surface area contributed by atoms with Crippen molar-refractivity contribution in [1.29, 1.82) is 0 Å². The van der Waals surface area contributed by atoms with Crippen LogP contribution < -0.4 is 5.32 Å². The van der Waals surface area contributed by atoms with E-state index in [4.69, 9.17) is 0 Å². The number of hydrogen-bond donors (Lipinski definition) is 1. The largest absolute Gasteiger partial charge is 0.356 e. The molecule has 2 atom stereocenters. The van der Waals surface area contributed by atoms with E-state index in [0.717, 1.165) is 30.3 Å². The SMILES string of the molecule is CN=C(NCCCN1CCC(C)CC1)N1CC2CCCCC2C1.I. The van der Waals surface area contributed by atoms with Gasteiger partial charge in [0.2, 0.25) is 0 Å². The van der Waals surface area contributed by atoms with Crippen LogP contribution in [0, 0.1) is 17.8 Å². The van der Waals surface area contributed by atoms with Gasteiger partial charge in [0, 0.05) is 26.7 Å². The Morgan fingerprint density at radius 1 is 1.04 bits per heavy atom. The van der Waals surface area contributed by atoms with Crippen molar-refractivity contribution in [3.8, 4) is 0 Å². The lowest BCUT2D eigenvalue weighted by Gasteiger charge is -2.30. The molecule has 0 radical (unpaired) electrons. The van der Waals surface area contributed by atoms with Gasteiger partial charge in [-0.1, -0.05) is 19.8 Å². The van der Waals surface area contributed by atoms with E-state index in [9.17, 15) is 0 Å². The summed E-state index contributed by atoms with van der Waals surface area (Å²) >= 11 is 0. The van der Waals surface area contributed by atoms with Crippen LogP contribution in [-0.4, -0.2) is 62.1 Å². The fourth-order valence-electron chi connectivity index (χ4n) is 4.70. The lowest BCUT2D eigenvalue weighted by molar-refractivity contribution is 0.191. The molecule has 0 spiro atoms. The standard InChI is InChI=1S/C19H36N4.HI/c1-16-8-12-22(13-9-16)11-5-10-21-19(20-2)23-14-17-6-3-4-7-18(17)15-23;/h16-18H,3-15H2,1-2H3,(H,20,21);1H. The summed E-state index contributed by atoms with van der Waals surface area (Å²) in [5.41, 5.74) is 0. The summed E-state index contributed by atoms with van der Waals surface area (Å²) in [6.07, 6.45) is 9.74. The third kappa shape index (κ3) is 5.48. The van der Waals surface area contributed by atoms with Gasteiger partial charge in [-0.05, 0) is 69.5 Å². The number of hydrogen-bond acceptors (Lipinski definition) is 2. The molecule has 5 heteroatoms. The highest BCUT2D eigenvalue weighted by molar-refractivity contribution is 14.0. The molecule has 2 heterocycles. The molecule has 2 unspecified atom stereocenters. The van der Waals surface area contributed by atoms with Crippen LogP contribution in [0.15, 0.2) is 4.99 Å². The zero-order valence-electron chi connectivity index (χ0n) is 15.7. The van der Waals surface area contributed by atoms with Crippen molar-refractivity contribution in [3.05, 3.63) is 0 Å². The van der Waals surface area contributed by atoms with E-state index in [1.807, 2.05) is 7.05 Å². The molecule has 0 bridgehead atoms. The normalized spacial score (nSPS) is 29.2. The molecule has 3 aliphatic rings. The van der Waals surface area contributed by atoms with Crippen molar-refractivity contribution in [1.82, 2.24) is 15.1 Å². The Morgan fingerprint density at radius 3 is 2.25 bits per heavy atom. The first-order chi connectivity index (χ1) is 11.3. The number of guanidine groups is 1. The van der Waals surface area contributed by atoms with Crippen molar-refractivity contribution in [2.24, 2.45) is 22.7 Å². The average molecular weight is 448 g/mol. The smallest absolute Gasteiger partial charge is 0.193 e. The summed E-state index contributed by atoms with van der Waals surface area (Å²) in [7, 11) is 1.94. The molecule has 2 saturated heterocycles. The first-order valence-electron chi connectivity index (χ1n) is 9.94. The van der Waals surface area contributed by atoms with Gasteiger partial charge < -0.3 is 15.1 Å². The highest BCUT2D eigenvalue weighted by Gasteiger charge is 2.35. The van der Waals surface area contributed by atoms with Crippen LogP contribution in [0.1, 0.15) is 51.9 Å². The summed E-state index contributed by atoms with van der Waals surface area (Å²) in [5.74, 6) is 3.93. The van der Waals surface area contributed by atoms with Crippen molar-refractivity contribution in [2.75, 3.05) is 46.3 Å². The number of halogens is 1. The van der Waals surface area contributed by atoms with Crippen molar-refractivity contribution in [3.63, 3.8) is 0 Å². The molecule has 3 fully saturated rings. The lowest BCUT2D eigenvalue weighted by Crippen LogP contribution is -2.41. The van der Waals surface area contributed by atoms with E-state index in [2.05, 4.69) is 27.0 Å². The topological polar surface area (TPSA) is 30.9 Å². The molecule has 2 aliphatic heterocycles. The number of fused-ring (bicyclic) bond motifs is 1. The summed E-state index contributed by atoms with van der Waals surface area (Å²) < 4.78 is 0. The van der Waals surface area contributed by atoms with Crippen LogP contribution in [0.4, 0.5) is 0 Å². The first-order valence-corrected chi connectivity index (χ1v) is 9.94. The Labute approximate surface area is 165 Å². The molecule has 0 aromatic heterocycles. The monoisotopic (exact) mass is 448 g/mol. The fraction of sp³-hybridized carbons (Fsp3) is 0.947. The molecular weight excluding hydrogens is 411 g/mol. The second kappa shape index (κ2) is 10.2. The van der Waals surface area contributed by atoms with E-state index >= 15 is 0 Å². The molecule has 4 nitrogen and oxygen atoms in total. The molecular formula is C19H37IN4. The van der Waals surface area contributed by atoms with Gasteiger partial charge in [0.15, 0.2) is 5.96 Å². The van der Waals surface area contributed by atoms with E-state index in [1.54, 1.807) is 0 Å². The fourth-order valence-corrected chi connectivity index (χ4v) is 4.70. The van der Waals surface area contributed by atoms with Gasteiger partial charge in [-0.2, -0.15) is 0 Å². The zero-order valence-corrected chi connectivity index (χ0v) is 18.0. The maximum Gasteiger partial charge on any atom is 0.193 e. The minimum atomic E-state index is 0. The van der Waals surface area contributed by atoms with Gasteiger partial charge >= 0.3 is 0 Å². The van der Waals surface area contributed by atoms with Crippen LogP contribution in [0.25, 0.3) is 0 Å². The Balaban J connectivity index is 0.00000208. The number of aliphatic imine (C=N–C) groups is 1. The van der Waals surface area contributed by atoms with Crippen LogP contribution in [0.3, 0.4) is 0 Å². The van der Waals surface area contributed by atoms with Gasteiger partial charge in [0.25, 0.3) is 0 Å². The Hall–Kier alpha value is -0.0400. The molecule has 140 valence electrons. The van der Waals surface area contributed by atoms with Crippen LogP contribution in [0.5, 0.6) is 0 Å². The molecule has 1 N–H and O–H groups in total. The van der Waals surface area contributed by atoms with Crippen molar-refractivity contribution < 1.29 is 0 Å². The van der Waals surface area contributed by atoms with E-state index in [1.165, 1.54) is 77.7 Å². The Kier molecular flexibility index (Phi) is 8.61. The number of piperidine rings is 1. The van der Waals surface area contributed by atoms with Gasteiger partial charge in [-0.25, -0.2) is 0 Å². The number of rotatable bonds is 4. The quantitative estimate of drug-likeness (QED) is 0.310. The summed E-state index contributed by atoms with van der Waals surface area (Å²) in [6, 6.07) is 0. The second-order valence-electron chi connectivity index (χ2n) is 8.06. The summed E-state index contributed by atoms with van der Waals surface area (Å²) in [4.78, 5) is 9.69. The highest BCUT2D eigenvalue weighted by Crippen LogP contribution is 2.35. The van der Waals surface area contributed by atoms with Crippen molar-refractivity contribution in [2.45, 2.75) is 51.9 Å². The molecule has 24 heavy (non-hydrogen) atoms. The molecule has 0 amide bonds. The summed E-state index contributed by atoms with van der Waals surface area (Å²) in [5, 5.41) is 3.62. The zero-order chi connectivity index (χ0) is 16.1. The van der Waals surface area contributed by atoms with Crippen LogP contribution in [-0.2, 0) is 0 Å². The predicted molar refractivity (Wildman–Crippen MR) is 113 cm³/mol. The van der Waals surface area contributed by atoms with E-state index in [-0.39, 0.29) is 24.0 Å². The third-order valence-electron chi connectivity index (χ3n) is 6.30. The number of nitrogens with one attached hydrogen (secondary N) is 1. The highest BCUT2D eigenvalue weighted by atomic mass is 127. The summed E-state index contributed by atoms with van der Waals surface area (Å²) in [6.45, 7) is 9.74. The van der Waals surface area contributed by atoms with Gasteiger partial charge in [-0.15, -0.1) is 24.0 Å². The molecule has 3 rings (SSSR count). The molecule has 0 aromatic carbocycles. The number of nitrogens with zero attached hydrogens (tertiary/aromatic N) is 3. The minimum absolute atomic E-state index is 0. The third-order valence-corrected chi connectivity index (χ3v) is 6.30. The van der Waals surface area contributed by atoms with Gasteiger partial charge in [0.1, 0.15) is 0 Å². The minimum Gasteiger partial charge on any atom is -0.356 e. The predicted octanol–water partition coefficient (Wildman–Crippen LogP) is 3.42. The van der Waals surface area contributed by atoms with E-state index < -0.39 is 0 Å². The Bertz CT molecular complexity index is 379. The van der Waals surface area contributed by atoms with Crippen molar-refractivity contribution >= 4 is 29.9 Å². The van der Waals surface area contributed by atoms with E-state index in [0.29, 0.717) is 0 Å².